The minimum Gasteiger partial charge on any atom is -0.504 e. The van der Waals surface area contributed by atoms with Crippen molar-refractivity contribution in [3.05, 3.63) is 64.0 Å². The highest BCUT2D eigenvalue weighted by molar-refractivity contribution is 5.90. The molecule has 6 heteroatoms. The predicted molar refractivity (Wildman–Crippen MR) is 89.2 cm³/mol. The quantitative estimate of drug-likeness (QED) is 0.571. The van der Waals surface area contributed by atoms with Crippen molar-refractivity contribution in [3.8, 4) is 17.2 Å². The molecule has 2 aromatic carbocycles. The number of hydrogen-bond acceptors (Lipinski definition) is 6. The fraction of sp³-hybridized carbons (Fsp3) is 0.158. The fourth-order valence-corrected chi connectivity index (χ4v) is 3.17. The number of carbonyl (C=O) groups excluding carboxylic acids is 1. The lowest BCUT2D eigenvalue weighted by Gasteiger charge is -2.24. The SMILES string of the molecule is COc1cc([C@@H]2CC(=O)Oc3c2c(=O)oc2ccccc32)ccc1O. The van der Waals surface area contributed by atoms with E-state index < -0.39 is 17.5 Å². The maximum absolute atomic E-state index is 12.6. The summed E-state index contributed by atoms with van der Waals surface area (Å²) in [5, 5.41) is 10.3. The Morgan fingerprint density at radius 3 is 2.76 bits per heavy atom. The van der Waals surface area contributed by atoms with Crippen LogP contribution >= 0.6 is 0 Å². The molecule has 0 aliphatic carbocycles. The Labute approximate surface area is 142 Å². The Hall–Kier alpha value is -3.28. The molecule has 1 aliphatic rings. The number of ether oxygens (including phenoxy) is 2. The molecule has 1 aromatic heterocycles. The highest BCUT2D eigenvalue weighted by Gasteiger charge is 2.34. The van der Waals surface area contributed by atoms with Crippen LogP contribution in [0.5, 0.6) is 17.2 Å². The molecule has 25 heavy (non-hydrogen) atoms. The number of rotatable bonds is 2. The van der Waals surface area contributed by atoms with E-state index in [0.717, 1.165) is 0 Å². The van der Waals surface area contributed by atoms with Gasteiger partial charge in [-0.25, -0.2) is 4.79 Å². The lowest BCUT2D eigenvalue weighted by atomic mass is 9.86. The van der Waals surface area contributed by atoms with Crippen LogP contribution in [0.2, 0.25) is 0 Å². The molecule has 0 saturated carbocycles. The number of esters is 1. The first-order valence-corrected chi connectivity index (χ1v) is 7.72. The zero-order valence-electron chi connectivity index (χ0n) is 13.3. The summed E-state index contributed by atoms with van der Waals surface area (Å²) in [5.74, 6) is -0.481. The summed E-state index contributed by atoms with van der Waals surface area (Å²) in [6, 6.07) is 11.6. The molecule has 6 nitrogen and oxygen atoms in total. The van der Waals surface area contributed by atoms with Gasteiger partial charge < -0.3 is 19.0 Å². The van der Waals surface area contributed by atoms with Gasteiger partial charge in [0.1, 0.15) is 5.58 Å². The number of aromatic hydroxyl groups is 1. The molecule has 0 saturated heterocycles. The van der Waals surface area contributed by atoms with Gasteiger partial charge >= 0.3 is 11.6 Å². The highest BCUT2D eigenvalue weighted by atomic mass is 16.5. The van der Waals surface area contributed by atoms with Gasteiger partial charge in [-0.2, -0.15) is 0 Å². The summed E-state index contributed by atoms with van der Waals surface area (Å²) in [7, 11) is 1.43. The van der Waals surface area contributed by atoms with Crippen molar-refractivity contribution in [1.82, 2.24) is 0 Å². The maximum Gasteiger partial charge on any atom is 0.343 e. The number of para-hydroxylation sites is 1. The van der Waals surface area contributed by atoms with E-state index in [1.165, 1.54) is 13.2 Å². The minimum atomic E-state index is -0.543. The number of benzene rings is 2. The van der Waals surface area contributed by atoms with Crippen molar-refractivity contribution in [2.75, 3.05) is 7.11 Å². The third-order valence-electron chi connectivity index (χ3n) is 4.34. The van der Waals surface area contributed by atoms with E-state index in [4.69, 9.17) is 13.9 Å². The van der Waals surface area contributed by atoms with Crippen LogP contribution in [-0.2, 0) is 4.79 Å². The van der Waals surface area contributed by atoms with Crippen molar-refractivity contribution in [3.63, 3.8) is 0 Å². The molecule has 2 heterocycles. The zero-order valence-corrected chi connectivity index (χ0v) is 13.3. The van der Waals surface area contributed by atoms with Crippen molar-refractivity contribution in [2.45, 2.75) is 12.3 Å². The van der Waals surface area contributed by atoms with E-state index in [-0.39, 0.29) is 23.7 Å². The molecule has 0 fully saturated rings. The Bertz CT molecular complexity index is 1050. The predicted octanol–water partition coefficient (Wildman–Crippen LogP) is 2.95. The molecular weight excluding hydrogens is 324 g/mol. The second-order valence-electron chi connectivity index (χ2n) is 5.79. The molecule has 0 radical (unpaired) electrons. The van der Waals surface area contributed by atoms with E-state index in [1.54, 1.807) is 36.4 Å². The smallest absolute Gasteiger partial charge is 0.343 e. The molecule has 3 aromatic rings. The second-order valence-corrected chi connectivity index (χ2v) is 5.79. The van der Waals surface area contributed by atoms with Crippen LogP contribution in [0.25, 0.3) is 11.0 Å². The first-order valence-electron chi connectivity index (χ1n) is 7.72. The molecule has 1 N–H and O–H groups in total. The van der Waals surface area contributed by atoms with E-state index in [0.29, 0.717) is 22.1 Å². The van der Waals surface area contributed by atoms with Gasteiger partial charge in [-0.1, -0.05) is 18.2 Å². The molecule has 0 amide bonds. The van der Waals surface area contributed by atoms with E-state index >= 15 is 0 Å². The van der Waals surface area contributed by atoms with Gasteiger partial charge in [-0.05, 0) is 29.8 Å². The number of phenolic OH excluding ortho intramolecular Hbond substituents is 1. The number of phenols is 1. The van der Waals surface area contributed by atoms with Gasteiger partial charge in [0.15, 0.2) is 17.2 Å². The molecule has 0 unspecified atom stereocenters. The van der Waals surface area contributed by atoms with Gasteiger partial charge in [0.25, 0.3) is 0 Å². The van der Waals surface area contributed by atoms with Gasteiger partial charge in [-0.3, -0.25) is 4.79 Å². The van der Waals surface area contributed by atoms with Gasteiger partial charge in [0.2, 0.25) is 0 Å². The number of fused-ring (bicyclic) bond motifs is 3. The maximum atomic E-state index is 12.6. The van der Waals surface area contributed by atoms with Crippen molar-refractivity contribution in [1.29, 1.82) is 0 Å². The minimum absolute atomic E-state index is 0.00400. The van der Waals surface area contributed by atoms with Crippen molar-refractivity contribution >= 4 is 16.9 Å². The Morgan fingerprint density at radius 1 is 1.16 bits per heavy atom. The first kappa shape index (κ1) is 15.3. The summed E-state index contributed by atoms with van der Waals surface area (Å²) in [6.07, 6.45) is 0.00400. The van der Waals surface area contributed by atoms with E-state index in [9.17, 15) is 14.7 Å². The van der Waals surface area contributed by atoms with Crippen molar-refractivity contribution < 1.29 is 23.8 Å². The van der Waals surface area contributed by atoms with Crippen LogP contribution in [-0.4, -0.2) is 18.2 Å². The van der Waals surface area contributed by atoms with Crippen LogP contribution in [0.15, 0.2) is 51.7 Å². The molecule has 126 valence electrons. The largest absolute Gasteiger partial charge is 0.504 e. The van der Waals surface area contributed by atoms with E-state index in [1.807, 2.05) is 0 Å². The lowest BCUT2D eigenvalue weighted by Crippen LogP contribution is -2.26. The van der Waals surface area contributed by atoms with Crippen LogP contribution in [0, 0.1) is 0 Å². The van der Waals surface area contributed by atoms with Gasteiger partial charge in [-0.15, -0.1) is 0 Å². The van der Waals surface area contributed by atoms with Crippen LogP contribution in [0.3, 0.4) is 0 Å². The molecule has 4 rings (SSSR count). The Kier molecular flexibility index (Phi) is 3.46. The molecule has 1 aliphatic heterocycles. The van der Waals surface area contributed by atoms with Crippen LogP contribution in [0.1, 0.15) is 23.5 Å². The number of carbonyl (C=O) groups is 1. The summed E-state index contributed by atoms with van der Waals surface area (Å²) in [5.41, 5.74) is 0.780. The average Bonchev–Trinajstić information content (AvgIpc) is 2.61. The van der Waals surface area contributed by atoms with Crippen LogP contribution in [0.4, 0.5) is 0 Å². The standard InChI is InChI=1S/C19H14O6/c1-23-15-8-10(6-7-13(15)20)12-9-16(21)25-18-11-4-2-3-5-14(11)24-19(22)17(12)18/h2-8,12,20H,9H2,1H3/t12-/m0/s1. The fourth-order valence-electron chi connectivity index (χ4n) is 3.17. The normalized spacial score (nSPS) is 16.4. The molecule has 0 spiro atoms. The van der Waals surface area contributed by atoms with Gasteiger partial charge in [0, 0.05) is 5.92 Å². The number of hydrogen-bond donors (Lipinski definition) is 1. The summed E-state index contributed by atoms with van der Waals surface area (Å²) < 4.78 is 15.9. The third kappa shape index (κ3) is 2.42. The lowest BCUT2D eigenvalue weighted by molar-refractivity contribution is -0.135. The monoisotopic (exact) mass is 338 g/mol. The summed E-state index contributed by atoms with van der Waals surface area (Å²) in [6.45, 7) is 0. The Morgan fingerprint density at radius 2 is 1.96 bits per heavy atom. The Balaban J connectivity index is 1.97. The molecular formula is C19H14O6. The zero-order chi connectivity index (χ0) is 17.6. The van der Waals surface area contributed by atoms with Crippen molar-refractivity contribution in [2.24, 2.45) is 0 Å². The second kappa shape index (κ2) is 5.66. The molecule has 1 atom stereocenters. The molecule has 0 bridgehead atoms. The number of methoxy groups -OCH3 is 1. The highest BCUT2D eigenvalue weighted by Crippen LogP contribution is 2.42. The van der Waals surface area contributed by atoms with Crippen LogP contribution < -0.4 is 15.1 Å². The van der Waals surface area contributed by atoms with Gasteiger partial charge in [0.05, 0.1) is 24.5 Å². The third-order valence-corrected chi connectivity index (χ3v) is 4.34. The topological polar surface area (TPSA) is 86.0 Å². The summed E-state index contributed by atoms with van der Waals surface area (Å²) >= 11 is 0. The average molecular weight is 338 g/mol. The van der Waals surface area contributed by atoms with E-state index in [2.05, 4.69) is 0 Å². The first-order chi connectivity index (χ1) is 12.1. The summed E-state index contributed by atoms with van der Waals surface area (Å²) in [4.78, 5) is 24.7.